The van der Waals surface area contributed by atoms with Crippen LogP contribution in [0.4, 0.5) is 10.1 Å². The summed E-state index contributed by atoms with van der Waals surface area (Å²) in [6.45, 7) is 0. The summed E-state index contributed by atoms with van der Waals surface area (Å²) in [6, 6.07) is 9.57. The summed E-state index contributed by atoms with van der Waals surface area (Å²) in [7, 11) is 4.55. The monoisotopic (exact) mass is 388 g/mol. The molecule has 1 amide bonds. The molecule has 1 saturated heterocycles. The van der Waals surface area contributed by atoms with Crippen LogP contribution in [0.3, 0.4) is 0 Å². The molecule has 6 nitrogen and oxygen atoms in total. The molecular formula is C19H17FN2O4S. The van der Waals surface area contributed by atoms with Crippen molar-refractivity contribution in [3.63, 3.8) is 0 Å². The lowest BCUT2D eigenvalue weighted by atomic mass is 10.1. The molecule has 0 radical (unpaired) electrons. The number of benzene rings is 2. The fourth-order valence-electron chi connectivity index (χ4n) is 2.47. The van der Waals surface area contributed by atoms with Crippen molar-refractivity contribution in [2.24, 2.45) is 4.99 Å². The SMILES string of the molecule is COc1cc(C=C2SC(=Nc3ccccc3F)NC2=O)cc(OC)c1OC. The second-order valence-electron chi connectivity index (χ2n) is 5.39. The predicted octanol–water partition coefficient (Wildman–Crippen LogP) is 3.74. The number of nitrogens with zero attached hydrogens (tertiary/aromatic N) is 1. The Labute approximate surface area is 160 Å². The van der Waals surface area contributed by atoms with Crippen molar-refractivity contribution in [3.05, 3.63) is 52.7 Å². The molecule has 0 atom stereocenters. The molecule has 0 aromatic heterocycles. The minimum absolute atomic E-state index is 0.161. The minimum atomic E-state index is -0.457. The predicted molar refractivity (Wildman–Crippen MR) is 103 cm³/mol. The van der Waals surface area contributed by atoms with Gasteiger partial charge in [-0.25, -0.2) is 9.38 Å². The molecule has 2 aromatic carbocycles. The molecule has 0 unspecified atom stereocenters. The molecule has 140 valence electrons. The Morgan fingerprint density at radius 2 is 1.74 bits per heavy atom. The van der Waals surface area contributed by atoms with Crippen LogP contribution in [-0.2, 0) is 4.79 Å². The van der Waals surface area contributed by atoms with Crippen molar-refractivity contribution >= 4 is 34.6 Å². The number of hydrogen-bond donors (Lipinski definition) is 1. The van der Waals surface area contributed by atoms with Crippen molar-refractivity contribution in [2.75, 3.05) is 21.3 Å². The highest BCUT2D eigenvalue weighted by Gasteiger charge is 2.24. The quantitative estimate of drug-likeness (QED) is 0.790. The standard InChI is InChI=1S/C19H17FN2O4S/c1-24-14-8-11(9-15(25-2)17(14)26-3)10-16-18(23)22-19(27-16)21-13-7-5-4-6-12(13)20/h4-10H,1-3H3,(H,21,22,23). The summed E-state index contributed by atoms with van der Waals surface area (Å²) in [4.78, 5) is 16.8. The fraction of sp³-hybridized carbons (Fsp3) is 0.158. The van der Waals surface area contributed by atoms with E-state index in [1.807, 2.05) is 0 Å². The maximum absolute atomic E-state index is 13.7. The summed E-state index contributed by atoms with van der Waals surface area (Å²) in [5.41, 5.74) is 0.851. The second kappa shape index (κ2) is 8.13. The van der Waals surface area contributed by atoms with Crippen LogP contribution in [0.1, 0.15) is 5.56 Å². The number of amidine groups is 1. The van der Waals surface area contributed by atoms with Crippen LogP contribution in [0, 0.1) is 5.82 Å². The number of carbonyl (C=O) groups is 1. The highest BCUT2D eigenvalue weighted by molar-refractivity contribution is 8.18. The van der Waals surface area contributed by atoms with Crippen LogP contribution in [-0.4, -0.2) is 32.4 Å². The molecule has 2 aromatic rings. The fourth-order valence-corrected chi connectivity index (χ4v) is 3.30. The number of amides is 1. The number of methoxy groups -OCH3 is 3. The first-order valence-corrected chi connectivity index (χ1v) is 8.71. The third-order valence-electron chi connectivity index (χ3n) is 3.71. The summed E-state index contributed by atoms with van der Waals surface area (Å²) >= 11 is 1.12. The van der Waals surface area contributed by atoms with Gasteiger partial charge < -0.3 is 19.5 Å². The summed E-state index contributed by atoms with van der Waals surface area (Å²) in [6.07, 6.45) is 1.67. The van der Waals surface area contributed by atoms with Gasteiger partial charge in [0.05, 0.1) is 26.2 Å². The Kier molecular flexibility index (Phi) is 5.66. The molecule has 1 aliphatic heterocycles. The Morgan fingerprint density at radius 1 is 1.07 bits per heavy atom. The smallest absolute Gasteiger partial charge is 0.264 e. The van der Waals surface area contributed by atoms with E-state index in [4.69, 9.17) is 14.2 Å². The molecule has 0 bridgehead atoms. The Morgan fingerprint density at radius 3 is 2.33 bits per heavy atom. The number of nitrogens with one attached hydrogen (secondary N) is 1. The zero-order chi connectivity index (χ0) is 19.4. The van der Waals surface area contributed by atoms with E-state index in [2.05, 4.69) is 10.3 Å². The van der Waals surface area contributed by atoms with Crippen molar-refractivity contribution in [3.8, 4) is 17.2 Å². The van der Waals surface area contributed by atoms with Gasteiger partial charge >= 0.3 is 0 Å². The van der Waals surface area contributed by atoms with Crippen molar-refractivity contribution in [1.82, 2.24) is 5.32 Å². The molecule has 1 N–H and O–H groups in total. The van der Waals surface area contributed by atoms with Crippen molar-refractivity contribution in [2.45, 2.75) is 0 Å². The van der Waals surface area contributed by atoms with Gasteiger partial charge in [-0.05, 0) is 47.7 Å². The second-order valence-corrected chi connectivity index (χ2v) is 6.42. The van der Waals surface area contributed by atoms with E-state index < -0.39 is 5.82 Å². The highest BCUT2D eigenvalue weighted by Crippen LogP contribution is 2.39. The topological polar surface area (TPSA) is 69.2 Å². The van der Waals surface area contributed by atoms with E-state index in [1.54, 1.807) is 30.3 Å². The summed E-state index contributed by atoms with van der Waals surface area (Å²) in [5.74, 6) is 0.651. The number of para-hydroxylation sites is 1. The average Bonchev–Trinajstić information content (AvgIpc) is 3.01. The van der Waals surface area contributed by atoms with Gasteiger partial charge in [0.1, 0.15) is 11.5 Å². The van der Waals surface area contributed by atoms with Gasteiger partial charge in [-0.1, -0.05) is 12.1 Å². The average molecular weight is 388 g/mol. The normalized spacial score (nSPS) is 16.5. The van der Waals surface area contributed by atoms with Gasteiger partial charge in [-0.2, -0.15) is 0 Å². The first-order valence-electron chi connectivity index (χ1n) is 7.90. The number of thioether (sulfide) groups is 1. The Bertz CT molecular complexity index is 918. The van der Waals surface area contributed by atoms with Crippen LogP contribution in [0.2, 0.25) is 0 Å². The molecule has 0 saturated carbocycles. The Balaban J connectivity index is 1.92. The zero-order valence-electron chi connectivity index (χ0n) is 14.9. The lowest BCUT2D eigenvalue weighted by molar-refractivity contribution is -0.115. The largest absolute Gasteiger partial charge is 0.493 e. The van der Waals surface area contributed by atoms with Crippen molar-refractivity contribution in [1.29, 1.82) is 0 Å². The maximum Gasteiger partial charge on any atom is 0.264 e. The van der Waals surface area contributed by atoms with Gasteiger partial charge in [0.25, 0.3) is 5.91 Å². The molecule has 27 heavy (non-hydrogen) atoms. The van der Waals surface area contributed by atoms with Crippen LogP contribution < -0.4 is 19.5 Å². The van der Waals surface area contributed by atoms with Crippen LogP contribution in [0.15, 0.2) is 46.3 Å². The molecule has 1 heterocycles. The number of aliphatic imine (C=N–C) groups is 1. The molecule has 8 heteroatoms. The van der Waals surface area contributed by atoms with E-state index in [0.717, 1.165) is 11.8 Å². The number of hydrogen-bond acceptors (Lipinski definition) is 6. The molecule has 0 spiro atoms. The van der Waals surface area contributed by atoms with E-state index in [0.29, 0.717) is 32.9 Å². The van der Waals surface area contributed by atoms with Gasteiger partial charge in [-0.3, -0.25) is 4.79 Å². The lowest BCUT2D eigenvalue weighted by Crippen LogP contribution is -2.19. The number of halogens is 1. The third kappa shape index (κ3) is 4.06. The van der Waals surface area contributed by atoms with Gasteiger partial charge in [0, 0.05) is 0 Å². The third-order valence-corrected chi connectivity index (χ3v) is 4.62. The summed E-state index contributed by atoms with van der Waals surface area (Å²) in [5, 5.41) is 2.94. The maximum atomic E-state index is 13.7. The van der Waals surface area contributed by atoms with Crippen LogP contribution in [0.5, 0.6) is 17.2 Å². The molecule has 1 fully saturated rings. The molecule has 1 aliphatic rings. The lowest BCUT2D eigenvalue weighted by Gasteiger charge is -2.12. The van der Waals surface area contributed by atoms with E-state index in [1.165, 1.54) is 33.5 Å². The molecular weight excluding hydrogens is 371 g/mol. The number of rotatable bonds is 5. The van der Waals surface area contributed by atoms with Crippen LogP contribution in [0.25, 0.3) is 6.08 Å². The molecule has 3 rings (SSSR count). The van der Waals surface area contributed by atoms with Crippen LogP contribution >= 0.6 is 11.8 Å². The number of ether oxygens (including phenoxy) is 3. The van der Waals surface area contributed by atoms with E-state index in [-0.39, 0.29) is 11.6 Å². The molecule has 0 aliphatic carbocycles. The number of carbonyl (C=O) groups excluding carboxylic acids is 1. The minimum Gasteiger partial charge on any atom is -0.493 e. The first-order chi connectivity index (χ1) is 13.0. The highest BCUT2D eigenvalue weighted by atomic mass is 32.2. The Hall–Kier alpha value is -3.00. The summed E-state index contributed by atoms with van der Waals surface area (Å²) < 4.78 is 29.7. The van der Waals surface area contributed by atoms with Gasteiger partial charge in [0.15, 0.2) is 16.7 Å². The van der Waals surface area contributed by atoms with Gasteiger partial charge in [0.2, 0.25) is 5.75 Å². The zero-order valence-corrected chi connectivity index (χ0v) is 15.7. The van der Waals surface area contributed by atoms with E-state index >= 15 is 0 Å². The van der Waals surface area contributed by atoms with Gasteiger partial charge in [-0.15, -0.1) is 0 Å². The van der Waals surface area contributed by atoms with E-state index in [9.17, 15) is 9.18 Å². The first kappa shape index (κ1) is 18.8. The van der Waals surface area contributed by atoms with Crippen molar-refractivity contribution < 1.29 is 23.4 Å².